The van der Waals surface area contributed by atoms with Gasteiger partial charge in [0.2, 0.25) is 5.91 Å². The number of hydrogen-bond donors (Lipinski definition) is 1. The molecule has 0 radical (unpaired) electrons. The summed E-state index contributed by atoms with van der Waals surface area (Å²) in [4.78, 5) is 12.5. The van der Waals surface area contributed by atoms with Crippen LogP contribution in [0.1, 0.15) is 49.5 Å². The van der Waals surface area contributed by atoms with Crippen molar-refractivity contribution < 1.29 is 9.21 Å². The van der Waals surface area contributed by atoms with Gasteiger partial charge in [0, 0.05) is 5.92 Å². The summed E-state index contributed by atoms with van der Waals surface area (Å²) in [5.74, 6) is 1.09. The third-order valence-corrected chi connectivity index (χ3v) is 4.22. The number of hydrogen-bond acceptors (Lipinski definition) is 2. The second-order valence-electron chi connectivity index (χ2n) is 5.70. The second kappa shape index (κ2) is 6.61. The van der Waals surface area contributed by atoms with E-state index in [0.29, 0.717) is 0 Å². The Balaban J connectivity index is 1.78. The van der Waals surface area contributed by atoms with Gasteiger partial charge in [-0.15, -0.1) is 0 Å². The van der Waals surface area contributed by atoms with Gasteiger partial charge in [0.05, 0.1) is 6.26 Å². The van der Waals surface area contributed by atoms with Crippen molar-refractivity contribution in [3.8, 4) is 0 Å². The summed E-state index contributed by atoms with van der Waals surface area (Å²) >= 11 is 0. The Bertz CT molecular complexity index is 556. The highest BCUT2D eigenvalue weighted by Gasteiger charge is 2.25. The molecule has 1 aromatic carbocycles. The van der Waals surface area contributed by atoms with E-state index in [0.717, 1.165) is 37.0 Å². The fraction of sp³-hybridized carbons (Fsp3) is 0.389. The fourth-order valence-corrected chi connectivity index (χ4v) is 3.04. The molecule has 1 N–H and O–H groups in total. The van der Waals surface area contributed by atoms with Crippen LogP contribution in [0.15, 0.2) is 53.1 Å². The molecule has 1 fully saturated rings. The summed E-state index contributed by atoms with van der Waals surface area (Å²) in [5, 5.41) is 3.17. The van der Waals surface area contributed by atoms with E-state index in [1.807, 2.05) is 42.5 Å². The number of benzene rings is 1. The maximum atomic E-state index is 12.5. The third-order valence-electron chi connectivity index (χ3n) is 4.22. The van der Waals surface area contributed by atoms with Gasteiger partial charge in [0.15, 0.2) is 0 Å². The van der Waals surface area contributed by atoms with Crippen LogP contribution in [0, 0.1) is 5.92 Å². The molecule has 1 unspecified atom stereocenters. The van der Waals surface area contributed by atoms with E-state index in [9.17, 15) is 4.79 Å². The summed E-state index contributed by atoms with van der Waals surface area (Å²) in [6.45, 7) is 0. The first kappa shape index (κ1) is 13.9. The zero-order chi connectivity index (χ0) is 14.5. The second-order valence-corrected chi connectivity index (χ2v) is 5.70. The molecule has 3 nitrogen and oxygen atoms in total. The van der Waals surface area contributed by atoms with E-state index in [1.54, 1.807) is 6.26 Å². The van der Waals surface area contributed by atoms with Crippen LogP contribution in [-0.4, -0.2) is 5.91 Å². The van der Waals surface area contributed by atoms with Gasteiger partial charge in [0.1, 0.15) is 11.8 Å². The summed E-state index contributed by atoms with van der Waals surface area (Å²) in [7, 11) is 0. The maximum Gasteiger partial charge on any atom is 0.223 e. The fourth-order valence-electron chi connectivity index (χ4n) is 3.04. The van der Waals surface area contributed by atoms with E-state index >= 15 is 0 Å². The lowest BCUT2D eigenvalue weighted by Gasteiger charge is -2.24. The molecule has 110 valence electrons. The molecule has 2 aromatic rings. The Morgan fingerprint density at radius 3 is 2.48 bits per heavy atom. The highest BCUT2D eigenvalue weighted by molar-refractivity contribution is 5.79. The van der Waals surface area contributed by atoms with Crippen LogP contribution in [0.4, 0.5) is 0 Å². The molecule has 21 heavy (non-hydrogen) atoms. The van der Waals surface area contributed by atoms with Gasteiger partial charge >= 0.3 is 0 Å². The molecule has 3 heteroatoms. The molecule has 1 atom stereocenters. The molecule has 3 rings (SSSR count). The van der Waals surface area contributed by atoms with Crippen LogP contribution in [-0.2, 0) is 4.79 Å². The minimum atomic E-state index is -0.198. The van der Waals surface area contributed by atoms with Gasteiger partial charge in [-0.1, -0.05) is 49.6 Å². The van der Waals surface area contributed by atoms with Crippen LogP contribution in [0.2, 0.25) is 0 Å². The van der Waals surface area contributed by atoms with Crippen molar-refractivity contribution in [1.82, 2.24) is 5.32 Å². The van der Waals surface area contributed by atoms with Gasteiger partial charge in [-0.25, -0.2) is 0 Å². The molecule has 0 saturated heterocycles. The summed E-state index contributed by atoms with van der Waals surface area (Å²) < 4.78 is 5.52. The Hall–Kier alpha value is -2.03. The van der Waals surface area contributed by atoms with E-state index in [2.05, 4.69) is 5.32 Å². The Kier molecular flexibility index (Phi) is 4.39. The monoisotopic (exact) mass is 283 g/mol. The number of rotatable bonds is 4. The van der Waals surface area contributed by atoms with E-state index in [1.165, 1.54) is 6.42 Å². The summed E-state index contributed by atoms with van der Waals surface area (Å²) in [5.41, 5.74) is 1.05. The lowest BCUT2D eigenvalue weighted by molar-refractivity contribution is -0.126. The molecular formula is C18H21NO2. The smallest absolute Gasteiger partial charge is 0.223 e. The van der Waals surface area contributed by atoms with Crippen molar-refractivity contribution in [1.29, 1.82) is 0 Å². The standard InChI is InChI=1S/C18H21NO2/c20-18(15-10-5-2-6-11-15)19-17(16-12-7-13-21-16)14-8-3-1-4-9-14/h1,3-4,7-9,12-13,15,17H,2,5-6,10-11H2,(H,19,20). The zero-order valence-electron chi connectivity index (χ0n) is 12.1. The Morgan fingerprint density at radius 1 is 1.05 bits per heavy atom. The van der Waals surface area contributed by atoms with Crippen LogP contribution < -0.4 is 5.32 Å². The summed E-state index contributed by atoms with van der Waals surface area (Å²) in [6.07, 6.45) is 7.24. The Labute approximate surface area is 125 Å². The number of amides is 1. The highest BCUT2D eigenvalue weighted by Crippen LogP contribution is 2.27. The predicted octanol–water partition coefficient (Wildman–Crippen LogP) is 4.07. The molecular weight excluding hydrogens is 262 g/mol. The highest BCUT2D eigenvalue weighted by atomic mass is 16.3. The van der Waals surface area contributed by atoms with Crippen LogP contribution >= 0.6 is 0 Å². The van der Waals surface area contributed by atoms with E-state index in [-0.39, 0.29) is 17.9 Å². The first-order valence-electron chi connectivity index (χ1n) is 7.73. The third kappa shape index (κ3) is 3.35. The quantitative estimate of drug-likeness (QED) is 0.919. The van der Waals surface area contributed by atoms with Crippen molar-refractivity contribution in [2.24, 2.45) is 5.92 Å². The lowest BCUT2D eigenvalue weighted by atomic mass is 9.88. The number of nitrogens with one attached hydrogen (secondary N) is 1. The number of furan rings is 1. The largest absolute Gasteiger partial charge is 0.467 e. The molecule has 1 saturated carbocycles. The lowest BCUT2D eigenvalue weighted by Crippen LogP contribution is -2.35. The predicted molar refractivity (Wildman–Crippen MR) is 81.7 cm³/mol. The summed E-state index contributed by atoms with van der Waals surface area (Å²) in [6, 6.07) is 13.6. The van der Waals surface area contributed by atoms with Crippen LogP contribution in [0.25, 0.3) is 0 Å². The van der Waals surface area contributed by atoms with Crippen molar-refractivity contribution in [3.05, 3.63) is 60.1 Å². The average molecular weight is 283 g/mol. The molecule has 0 bridgehead atoms. The van der Waals surface area contributed by atoms with Crippen molar-refractivity contribution >= 4 is 5.91 Å². The zero-order valence-corrected chi connectivity index (χ0v) is 12.1. The van der Waals surface area contributed by atoms with Gasteiger partial charge in [-0.3, -0.25) is 4.79 Å². The first-order valence-corrected chi connectivity index (χ1v) is 7.73. The molecule has 1 aliphatic carbocycles. The van der Waals surface area contributed by atoms with Crippen molar-refractivity contribution in [2.45, 2.75) is 38.1 Å². The molecule has 1 heterocycles. The molecule has 1 aromatic heterocycles. The Morgan fingerprint density at radius 2 is 1.81 bits per heavy atom. The van der Waals surface area contributed by atoms with Gasteiger partial charge in [-0.05, 0) is 30.5 Å². The minimum absolute atomic E-state index is 0.153. The first-order chi connectivity index (χ1) is 10.3. The maximum absolute atomic E-state index is 12.5. The topological polar surface area (TPSA) is 42.2 Å². The van der Waals surface area contributed by atoms with Gasteiger partial charge < -0.3 is 9.73 Å². The average Bonchev–Trinajstić information content (AvgIpc) is 3.08. The minimum Gasteiger partial charge on any atom is -0.467 e. The molecule has 1 aliphatic rings. The van der Waals surface area contributed by atoms with Crippen molar-refractivity contribution in [3.63, 3.8) is 0 Å². The number of carbonyl (C=O) groups excluding carboxylic acids is 1. The SMILES string of the molecule is O=C(NC(c1ccccc1)c1ccco1)C1CCCCC1. The van der Waals surface area contributed by atoms with Gasteiger partial charge in [0.25, 0.3) is 0 Å². The molecule has 0 aliphatic heterocycles. The normalized spacial score (nSPS) is 17.3. The van der Waals surface area contributed by atoms with Crippen LogP contribution in [0.5, 0.6) is 0 Å². The number of carbonyl (C=O) groups is 1. The van der Waals surface area contributed by atoms with Crippen molar-refractivity contribution in [2.75, 3.05) is 0 Å². The van der Waals surface area contributed by atoms with Gasteiger partial charge in [-0.2, -0.15) is 0 Å². The van der Waals surface area contributed by atoms with Crippen LogP contribution in [0.3, 0.4) is 0 Å². The van der Waals surface area contributed by atoms with E-state index in [4.69, 9.17) is 4.42 Å². The van der Waals surface area contributed by atoms with E-state index < -0.39 is 0 Å². The molecule has 0 spiro atoms. The molecule has 1 amide bonds.